The van der Waals surface area contributed by atoms with Crippen LogP contribution in [-0.2, 0) is 6.54 Å². The Morgan fingerprint density at radius 1 is 0.926 bits per heavy atom. The molecule has 0 aliphatic carbocycles. The second kappa shape index (κ2) is 9.15. The zero-order valence-electron chi connectivity index (χ0n) is 15.5. The number of hydrogen-bond acceptors (Lipinski definition) is 5. The maximum atomic E-state index is 4.50. The molecule has 0 unspecified atom stereocenters. The lowest BCUT2D eigenvalue weighted by Crippen LogP contribution is -2.31. The summed E-state index contributed by atoms with van der Waals surface area (Å²) >= 11 is 1.80. The number of pyridine rings is 1. The molecule has 3 aromatic rings. The molecule has 1 fully saturated rings. The van der Waals surface area contributed by atoms with Crippen LogP contribution in [-0.4, -0.2) is 50.0 Å². The van der Waals surface area contributed by atoms with Crippen LogP contribution >= 0.6 is 11.8 Å². The molecular formula is C21H25N5S. The number of thioether (sulfide) groups is 1. The van der Waals surface area contributed by atoms with E-state index >= 15 is 0 Å². The monoisotopic (exact) mass is 379 g/mol. The van der Waals surface area contributed by atoms with Crippen molar-refractivity contribution in [3.8, 4) is 11.4 Å². The third-order valence-electron chi connectivity index (χ3n) is 4.91. The Hall–Kier alpha value is -2.18. The Morgan fingerprint density at radius 3 is 2.56 bits per heavy atom. The summed E-state index contributed by atoms with van der Waals surface area (Å²) < 4.78 is 2.22. The van der Waals surface area contributed by atoms with Crippen molar-refractivity contribution in [3.63, 3.8) is 0 Å². The van der Waals surface area contributed by atoms with Gasteiger partial charge in [0.15, 0.2) is 11.0 Å². The van der Waals surface area contributed by atoms with Gasteiger partial charge in [-0.1, -0.05) is 48.5 Å². The van der Waals surface area contributed by atoms with Gasteiger partial charge in [-0.3, -0.25) is 9.55 Å². The minimum Gasteiger partial charge on any atom is -0.303 e. The highest BCUT2D eigenvalue weighted by Gasteiger charge is 2.16. The average molecular weight is 380 g/mol. The first kappa shape index (κ1) is 18.2. The van der Waals surface area contributed by atoms with Crippen LogP contribution in [0, 0.1) is 0 Å². The van der Waals surface area contributed by atoms with E-state index in [9.17, 15) is 0 Å². The van der Waals surface area contributed by atoms with Gasteiger partial charge >= 0.3 is 0 Å². The SMILES string of the molecule is c1ccc(Cn2c(SCCN3CCCCC3)nnc2-c2cccnc2)cc1. The summed E-state index contributed by atoms with van der Waals surface area (Å²) in [6, 6.07) is 14.5. The number of rotatable bonds is 7. The minimum atomic E-state index is 0.768. The predicted molar refractivity (Wildman–Crippen MR) is 110 cm³/mol. The fraction of sp³-hybridized carbons (Fsp3) is 0.381. The smallest absolute Gasteiger partial charge is 0.191 e. The van der Waals surface area contributed by atoms with Crippen molar-refractivity contribution >= 4 is 11.8 Å². The Kier molecular flexibility index (Phi) is 6.17. The van der Waals surface area contributed by atoms with Crippen molar-refractivity contribution in [2.24, 2.45) is 0 Å². The summed E-state index contributed by atoms with van der Waals surface area (Å²) in [7, 11) is 0. The number of nitrogens with zero attached hydrogens (tertiary/aromatic N) is 5. The average Bonchev–Trinajstić information content (AvgIpc) is 3.13. The van der Waals surface area contributed by atoms with Crippen LogP contribution in [0.4, 0.5) is 0 Å². The molecule has 140 valence electrons. The molecule has 1 aliphatic heterocycles. The summed E-state index contributed by atoms with van der Waals surface area (Å²) in [5, 5.41) is 9.97. The van der Waals surface area contributed by atoms with Gasteiger partial charge in [-0.15, -0.1) is 10.2 Å². The van der Waals surface area contributed by atoms with E-state index in [1.165, 1.54) is 37.9 Å². The Balaban J connectivity index is 1.52. The van der Waals surface area contributed by atoms with Crippen LogP contribution in [0.3, 0.4) is 0 Å². The Morgan fingerprint density at radius 2 is 1.78 bits per heavy atom. The van der Waals surface area contributed by atoms with E-state index in [1.807, 2.05) is 24.4 Å². The van der Waals surface area contributed by atoms with Crippen LogP contribution < -0.4 is 0 Å². The molecule has 0 atom stereocenters. The number of piperidine rings is 1. The van der Waals surface area contributed by atoms with E-state index in [1.54, 1.807) is 18.0 Å². The lowest BCUT2D eigenvalue weighted by atomic mass is 10.1. The van der Waals surface area contributed by atoms with E-state index in [0.29, 0.717) is 0 Å². The lowest BCUT2D eigenvalue weighted by Gasteiger charge is -2.25. The molecule has 6 heteroatoms. The fourth-order valence-corrected chi connectivity index (χ4v) is 4.40. The molecule has 0 saturated carbocycles. The van der Waals surface area contributed by atoms with Crippen LogP contribution in [0.25, 0.3) is 11.4 Å². The molecule has 0 N–H and O–H groups in total. The molecule has 5 nitrogen and oxygen atoms in total. The molecule has 0 amide bonds. The first-order valence-corrected chi connectivity index (χ1v) is 10.6. The van der Waals surface area contributed by atoms with E-state index in [-0.39, 0.29) is 0 Å². The standard InChI is InChI=1S/C21H25N5S/c1-3-8-18(9-4-1)17-26-20(19-10-7-11-22-16-19)23-24-21(26)27-15-14-25-12-5-2-6-13-25/h1,3-4,7-11,16H,2,5-6,12-15,17H2. The summed E-state index contributed by atoms with van der Waals surface area (Å²) in [6.07, 6.45) is 7.69. The van der Waals surface area contributed by atoms with Gasteiger partial charge in [-0.2, -0.15) is 0 Å². The topological polar surface area (TPSA) is 46.8 Å². The first-order chi connectivity index (χ1) is 13.4. The predicted octanol–water partition coefficient (Wildman–Crippen LogP) is 3.97. The third kappa shape index (κ3) is 4.76. The van der Waals surface area contributed by atoms with Gasteiger partial charge in [0.25, 0.3) is 0 Å². The van der Waals surface area contributed by atoms with Gasteiger partial charge in [0.1, 0.15) is 0 Å². The minimum absolute atomic E-state index is 0.768. The van der Waals surface area contributed by atoms with E-state index in [0.717, 1.165) is 35.4 Å². The molecule has 2 aromatic heterocycles. The van der Waals surface area contributed by atoms with E-state index < -0.39 is 0 Å². The van der Waals surface area contributed by atoms with Crippen LogP contribution in [0.5, 0.6) is 0 Å². The highest BCUT2D eigenvalue weighted by atomic mass is 32.2. The second-order valence-corrected chi connectivity index (χ2v) is 7.93. The summed E-state index contributed by atoms with van der Waals surface area (Å²) in [4.78, 5) is 6.81. The molecule has 0 spiro atoms. The maximum Gasteiger partial charge on any atom is 0.191 e. The molecule has 1 aromatic carbocycles. The van der Waals surface area contributed by atoms with Crippen LogP contribution in [0.1, 0.15) is 24.8 Å². The van der Waals surface area contributed by atoms with Gasteiger partial charge in [-0.25, -0.2) is 0 Å². The van der Waals surface area contributed by atoms with Crippen molar-refractivity contribution in [2.45, 2.75) is 31.0 Å². The van der Waals surface area contributed by atoms with Crippen molar-refractivity contribution in [2.75, 3.05) is 25.4 Å². The van der Waals surface area contributed by atoms with Crippen molar-refractivity contribution in [3.05, 3.63) is 60.4 Å². The van der Waals surface area contributed by atoms with Crippen LogP contribution in [0.15, 0.2) is 60.0 Å². The van der Waals surface area contributed by atoms with Gasteiger partial charge in [0.05, 0.1) is 6.54 Å². The summed E-state index contributed by atoms with van der Waals surface area (Å²) in [5.74, 6) is 1.92. The van der Waals surface area contributed by atoms with E-state index in [2.05, 4.69) is 48.9 Å². The maximum absolute atomic E-state index is 4.50. The van der Waals surface area contributed by atoms with Gasteiger partial charge in [-0.05, 0) is 43.6 Å². The summed E-state index contributed by atoms with van der Waals surface area (Å²) in [5.41, 5.74) is 2.25. The molecule has 1 saturated heterocycles. The van der Waals surface area contributed by atoms with Gasteiger partial charge in [0.2, 0.25) is 0 Å². The molecule has 3 heterocycles. The highest BCUT2D eigenvalue weighted by molar-refractivity contribution is 7.99. The second-order valence-electron chi connectivity index (χ2n) is 6.87. The first-order valence-electron chi connectivity index (χ1n) is 9.63. The number of benzene rings is 1. The van der Waals surface area contributed by atoms with Crippen molar-refractivity contribution in [1.29, 1.82) is 0 Å². The van der Waals surface area contributed by atoms with Crippen molar-refractivity contribution < 1.29 is 0 Å². The molecule has 0 bridgehead atoms. The Bertz CT molecular complexity index is 828. The van der Waals surface area contributed by atoms with Gasteiger partial charge in [0, 0.05) is 30.3 Å². The third-order valence-corrected chi connectivity index (χ3v) is 5.85. The van der Waals surface area contributed by atoms with Crippen molar-refractivity contribution in [1.82, 2.24) is 24.6 Å². The number of hydrogen-bond donors (Lipinski definition) is 0. The molecule has 0 radical (unpaired) electrons. The number of aromatic nitrogens is 4. The largest absolute Gasteiger partial charge is 0.303 e. The quantitative estimate of drug-likeness (QED) is 0.582. The zero-order chi connectivity index (χ0) is 18.3. The van der Waals surface area contributed by atoms with Crippen LogP contribution in [0.2, 0.25) is 0 Å². The number of likely N-dealkylation sites (tertiary alicyclic amines) is 1. The zero-order valence-corrected chi connectivity index (χ0v) is 16.3. The molecular weight excluding hydrogens is 354 g/mol. The Labute approximate surface area is 164 Å². The molecule has 27 heavy (non-hydrogen) atoms. The van der Waals surface area contributed by atoms with Gasteiger partial charge < -0.3 is 4.90 Å². The highest BCUT2D eigenvalue weighted by Crippen LogP contribution is 2.25. The normalized spacial score (nSPS) is 15.1. The lowest BCUT2D eigenvalue weighted by molar-refractivity contribution is 0.242. The fourth-order valence-electron chi connectivity index (χ4n) is 3.46. The van der Waals surface area contributed by atoms with E-state index in [4.69, 9.17) is 0 Å². The summed E-state index contributed by atoms with van der Waals surface area (Å²) in [6.45, 7) is 4.35. The molecule has 4 rings (SSSR count). The molecule has 1 aliphatic rings.